The number of phenolic OH excluding ortho intramolecular Hbond substituents is 1. The number of hydrogen-bond donors (Lipinski definition) is 1. The van der Waals surface area contributed by atoms with Crippen molar-refractivity contribution in [2.24, 2.45) is 0 Å². The second-order valence-electron chi connectivity index (χ2n) is 6.93. The van der Waals surface area contributed by atoms with E-state index >= 15 is 0 Å². The summed E-state index contributed by atoms with van der Waals surface area (Å²) in [6.45, 7) is 9.59. The summed E-state index contributed by atoms with van der Waals surface area (Å²) in [5.41, 5.74) is -2.58. The highest BCUT2D eigenvalue weighted by Gasteiger charge is 2.36. The third-order valence-electron chi connectivity index (χ3n) is 3.68. The van der Waals surface area contributed by atoms with Gasteiger partial charge < -0.3 is 5.11 Å². The maximum Gasteiger partial charge on any atom is 0.416 e. The summed E-state index contributed by atoms with van der Waals surface area (Å²) in [6.07, 6.45) is -9.45. The molecule has 0 aliphatic carbocycles. The minimum atomic E-state index is -5.01. The summed E-state index contributed by atoms with van der Waals surface area (Å²) >= 11 is 0. The smallest absolute Gasteiger partial charge is 0.416 e. The largest absolute Gasteiger partial charge is 0.507 e. The molecule has 0 atom stereocenters. The van der Waals surface area contributed by atoms with Crippen LogP contribution in [0.3, 0.4) is 0 Å². The highest BCUT2D eigenvalue weighted by molar-refractivity contribution is 5.72. The van der Waals surface area contributed by atoms with Crippen molar-refractivity contribution in [3.05, 3.63) is 59.2 Å². The van der Waals surface area contributed by atoms with E-state index in [1.807, 2.05) is 20.8 Å². The Morgan fingerprint density at radius 1 is 0.962 bits per heavy atom. The zero-order chi connectivity index (χ0) is 20.5. The molecule has 0 aliphatic rings. The molecule has 0 aromatic heterocycles. The van der Waals surface area contributed by atoms with Crippen LogP contribution in [0.15, 0.2) is 48.1 Å². The normalized spacial score (nSPS) is 14.5. The molecule has 0 saturated heterocycles. The average molecular weight is 378 g/mol. The SMILES string of the molecule is C=C(/C=C(\C=C(/C)c1cc(C(C)(C)C)ccc1O)C(F)(F)F)C(F)(F)F. The van der Waals surface area contributed by atoms with Crippen molar-refractivity contribution < 1.29 is 31.4 Å². The Balaban J connectivity index is 3.48. The van der Waals surface area contributed by atoms with Gasteiger partial charge in [-0.15, -0.1) is 0 Å². The number of aromatic hydroxyl groups is 1. The van der Waals surface area contributed by atoms with Gasteiger partial charge in [-0.05, 0) is 47.8 Å². The highest BCUT2D eigenvalue weighted by atomic mass is 19.4. The molecule has 1 aromatic carbocycles. The van der Waals surface area contributed by atoms with Crippen LogP contribution in [0.25, 0.3) is 5.57 Å². The number of hydrogen-bond acceptors (Lipinski definition) is 1. The van der Waals surface area contributed by atoms with Gasteiger partial charge in [0.1, 0.15) is 5.75 Å². The first-order valence-corrected chi connectivity index (χ1v) is 7.60. The third kappa shape index (κ3) is 5.68. The minimum Gasteiger partial charge on any atom is -0.507 e. The lowest BCUT2D eigenvalue weighted by Crippen LogP contribution is -2.15. The minimum absolute atomic E-state index is 0.0212. The molecule has 0 unspecified atom stereocenters. The maximum atomic E-state index is 13.1. The fraction of sp³-hybridized carbons (Fsp3) is 0.368. The van der Waals surface area contributed by atoms with Crippen molar-refractivity contribution in [1.29, 1.82) is 0 Å². The number of halogens is 6. The summed E-state index contributed by atoms with van der Waals surface area (Å²) in [4.78, 5) is 0. The van der Waals surface area contributed by atoms with Gasteiger partial charge in [0.2, 0.25) is 0 Å². The number of benzene rings is 1. The van der Waals surface area contributed by atoms with Gasteiger partial charge in [0.25, 0.3) is 0 Å². The fourth-order valence-electron chi connectivity index (χ4n) is 2.10. The molecule has 0 saturated carbocycles. The predicted molar refractivity (Wildman–Crippen MR) is 89.8 cm³/mol. The van der Waals surface area contributed by atoms with Crippen LogP contribution in [0, 0.1) is 0 Å². The first kappa shape index (κ1) is 21.9. The van der Waals surface area contributed by atoms with E-state index in [4.69, 9.17) is 0 Å². The van der Waals surface area contributed by atoms with Gasteiger partial charge in [-0.2, -0.15) is 26.3 Å². The van der Waals surface area contributed by atoms with E-state index in [-0.39, 0.29) is 28.4 Å². The van der Waals surface area contributed by atoms with Gasteiger partial charge >= 0.3 is 12.4 Å². The van der Waals surface area contributed by atoms with Crippen LogP contribution in [0.1, 0.15) is 38.8 Å². The topological polar surface area (TPSA) is 20.2 Å². The Morgan fingerprint density at radius 2 is 1.50 bits per heavy atom. The molecule has 0 aliphatic heterocycles. The van der Waals surface area contributed by atoms with Crippen molar-refractivity contribution in [3.63, 3.8) is 0 Å². The van der Waals surface area contributed by atoms with E-state index in [9.17, 15) is 31.4 Å². The van der Waals surface area contributed by atoms with Crippen LogP contribution < -0.4 is 0 Å². The van der Waals surface area contributed by atoms with Crippen LogP contribution in [0.2, 0.25) is 0 Å². The first-order chi connectivity index (χ1) is 11.5. The summed E-state index contributed by atoms with van der Waals surface area (Å²) in [6, 6.07) is 4.50. The summed E-state index contributed by atoms with van der Waals surface area (Å²) in [5, 5.41) is 9.96. The molecule has 26 heavy (non-hydrogen) atoms. The standard InChI is InChI=1S/C19H20F6O/c1-11(15-10-13(17(3,4)5)6-7-16(15)26)8-14(19(23,24)25)9-12(2)18(20,21)22/h6-10,26H,2H2,1,3-5H3/b11-8+,14-9+. The van der Waals surface area contributed by atoms with Crippen molar-refractivity contribution >= 4 is 5.57 Å². The Kier molecular flexibility index (Phi) is 6.06. The van der Waals surface area contributed by atoms with Crippen LogP contribution in [0.4, 0.5) is 26.3 Å². The lowest BCUT2D eigenvalue weighted by molar-refractivity contribution is -0.0931. The molecule has 1 N–H and O–H groups in total. The Hall–Kier alpha value is -2.18. The van der Waals surface area contributed by atoms with Crippen molar-refractivity contribution in [2.45, 2.75) is 45.5 Å². The summed E-state index contributed by atoms with van der Waals surface area (Å²) < 4.78 is 77.0. The number of phenols is 1. The van der Waals surface area contributed by atoms with Gasteiger partial charge in [0.05, 0.1) is 5.57 Å². The molecule has 0 radical (unpaired) electrons. The molecule has 1 nitrogen and oxygen atoms in total. The number of rotatable bonds is 3. The monoisotopic (exact) mass is 378 g/mol. The third-order valence-corrected chi connectivity index (χ3v) is 3.68. The first-order valence-electron chi connectivity index (χ1n) is 7.60. The summed E-state index contributed by atoms with van der Waals surface area (Å²) in [5.74, 6) is -0.261. The van der Waals surface area contributed by atoms with E-state index in [1.165, 1.54) is 19.1 Å². The van der Waals surface area contributed by atoms with Gasteiger partial charge in [0, 0.05) is 11.1 Å². The van der Waals surface area contributed by atoms with E-state index < -0.39 is 23.5 Å². The average Bonchev–Trinajstić information content (AvgIpc) is 2.43. The Labute approximate surface area is 148 Å². The van der Waals surface area contributed by atoms with Gasteiger partial charge in [-0.3, -0.25) is 0 Å². The molecule has 0 fully saturated rings. The van der Waals surface area contributed by atoms with Gasteiger partial charge in [-0.1, -0.05) is 33.4 Å². The molecule has 7 heteroatoms. The van der Waals surface area contributed by atoms with Crippen LogP contribution >= 0.6 is 0 Å². The molecule has 144 valence electrons. The number of alkyl halides is 6. The summed E-state index contributed by atoms with van der Waals surface area (Å²) in [7, 11) is 0. The van der Waals surface area contributed by atoms with E-state index in [0.717, 1.165) is 5.56 Å². The zero-order valence-corrected chi connectivity index (χ0v) is 14.8. The fourth-order valence-corrected chi connectivity index (χ4v) is 2.10. The van der Waals surface area contributed by atoms with Crippen molar-refractivity contribution in [1.82, 2.24) is 0 Å². The van der Waals surface area contributed by atoms with E-state index in [1.54, 1.807) is 6.07 Å². The van der Waals surface area contributed by atoms with Gasteiger partial charge in [-0.25, -0.2) is 0 Å². The maximum absolute atomic E-state index is 13.1. The lowest BCUT2D eigenvalue weighted by atomic mass is 9.85. The molecule has 0 spiro atoms. The molecule has 0 bridgehead atoms. The predicted octanol–water partition coefficient (Wildman–Crippen LogP) is 6.70. The Morgan fingerprint density at radius 3 is 1.92 bits per heavy atom. The molecular weight excluding hydrogens is 358 g/mol. The highest BCUT2D eigenvalue weighted by Crippen LogP contribution is 2.36. The number of allylic oxidation sites excluding steroid dienone is 5. The Bertz CT molecular complexity index is 743. The quantitative estimate of drug-likeness (QED) is 0.458. The van der Waals surface area contributed by atoms with Crippen LogP contribution in [-0.4, -0.2) is 17.5 Å². The molecule has 1 aromatic rings. The molecule has 0 heterocycles. The van der Waals surface area contributed by atoms with Gasteiger partial charge in [0.15, 0.2) is 0 Å². The van der Waals surface area contributed by atoms with E-state index in [0.29, 0.717) is 6.08 Å². The second-order valence-corrected chi connectivity index (χ2v) is 6.93. The van der Waals surface area contributed by atoms with E-state index in [2.05, 4.69) is 6.58 Å². The lowest BCUT2D eigenvalue weighted by Gasteiger charge is -2.21. The van der Waals surface area contributed by atoms with Crippen molar-refractivity contribution in [2.75, 3.05) is 0 Å². The molecule has 0 amide bonds. The van der Waals surface area contributed by atoms with Crippen molar-refractivity contribution in [3.8, 4) is 5.75 Å². The second kappa shape index (κ2) is 7.21. The van der Waals surface area contributed by atoms with Crippen LogP contribution in [-0.2, 0) is 5.41 Å². The zero-order valence-electron chi connectivity index (χ0n) is 14.8. The molecule has 1 rings (SSSR count). The molecular formula is C19H20F6O. The van der Waals surface area contributed by atoms with Crippen LogP contribution in [0.5, 0.6) is 5.75 Å².